The van der Waals surface area contributed by atoms with Gasteiger partial charge >= 0.3 is 11.9 Å². The normalized spacial score (nSPS) is 27.8. The zero-order chi connectivity index (χ0) is 15.8. The third-order valence-electron chi connectivity index (χ3n) is 3.30. The number of ether oxygens (including phenoxy) is 1. The van der Waals surface area contributed by atoms with E-state index in [1.807, 2.05) is 5.32 Å². The summed E-state index contributed by atoms with van der Waals surface area (Å²) in [6, 6.07) is 0. The van der Waals surface area contributed by atoms with Gasteiger partial charge in [0.05, 0.1) is 6.61 Å². The predicted molar refractivity (Wildman–Crippen MR) is 69.2 cm³/mol. The fourth-order valence-electron chi connectivity index (χ4n) is 2.39. The van der Waals surface area contributed by atoms with Gasteiger partial charge in [0.1, 0.15) is 11.1 Å². The average Bonchev–Trinajstić information content (AvgIpc) is 2.43. The molecule has 0 aromatic rings. The van der Waals surface area contributed by atoms with Gasteiger partial charge in [-0.2, -0.15) is 0 Å². The molecule has 0 bridgehead atoms. The highest BCUT2D eigenvalue weighted by molar-refractivity contribution is 8.00. The van der Waals surface area contributed by atoms with E-state index in [4.69, 9.17) is 4.74 Å². The summed E-state index contributed by atoms with van der Waals surface area (Å²) in [6.45, 7) is 0.0202. The van der Waals surface area contributed by atoms with E-state index in [0.29, 0.717) is 5.57 Å². The summed E-state index contributed by atoms with van der Waals surface area (Å²) in [4.78, 5) is 46.4. The molecule has 3 N–H and O–H groups in total. The zero-order valence-corrected chi connectivity index (χ0v) is 11.7. The van der Waals surface area contributed by atoms with Crippen molar-refractivity contribution in [3.8, 4) is 0 Å². The molecule has 2 aliphatic heterocycles. The number of carboxylic acids is 2. The number of fused-ring (bicyclic) bond motifs is 1. The van der Waals surface area contributed by atoms with Crippen molar-refractivity contribution >= 4 is 36.0 Å². The topological polar surface area (TPSA) is 133 Å². The fraction of sp³-hybridized carbons (Fsp3) is 0.455. The number of β-lactam (4-membered cyclic amide) rings is 1. The SMILES string of the molecule is COCC1=C(C(=O)O)N2C(=O)C(NC=O)(C(=O)O)[C@H]2SC1. The standard InChI is InChI=1S/C11H12N2O7S/c1-20-2-5-3-21-9-11(10(18)19,12-4-14)8(17)13(9)6(5)7(15)16/h4,9H,2-3H2,1H3,(H,12,14)(H,15,16)(H,18,19)/t9-,11?/m1/s1. The van der Waals surface area contributed by atoms with Crippen LogP contribution in [0.15, 0.2) is 11.3 Å². The number of hydrogen-bond donors (Lipinski definition) is 3. The zero-order valence-electron chi connectivity index (χ0n) is 10.9. The highest BCUT2D eigenvalue weighted by Gasteiger charge is 2.69. The summed E-state index contributed by atoms with van der Waals surface area (Å²) in [6.07, 6.45) is 0.124. The third-order valence-corrected chi connectivity index (χ3v) is 4.69. The van der Waals surface area contributed by atoms with E-state index >= 15 is 0 Å². The van der Waals surface area contributed by atoms with Crippen LogP contribution in [0.4, 0.5) is 0 Å². The van der Waals surface area contributed by atoms with Gasteiger partial charge < -0.3 is 20.3 Å². The molecule has 1 fully saturated rings. The highest BCUT2D eigenvalue weighted by atomic mass is 32.2. The van der Waals surface area contributed by atoms with Gasteiger partial charge in [-0.05, 0) is 5.57 Å². The summed E-state index contributed by atoms with van der Waals surface area (Å²) in [5.41, 5.74) is -2.02. The van der Waals surface area contributed by atoms with Gasteiger partial charge in [-0.1, -0.05) is 0 Å². The first-order chi connectivity index (χ1) is 9.91. The Labute approximate surface area is 122 Å². The molecule has 21 heavy (non-hydrogen) atoms. The number of amides is 2. The second-order valence-electron chi connectivity index (χ2n) is 4.40. The van der Waals surface area contributed by atoms with Crippen LogP contribution in [-0.2, 0) is 23.9 Å². The van der Waals surface area contributed by atoms with Gasteiger partial charge in [0, 0.05) is 12.9 Å². The van der Waals surface area contributed by atoms with Crippen LogP contribution in [0, 0.1) is 0 Å². The van der Waals surface area contributed by atoms with Gasteiger partial charge in [0.25, 0.3) is 5.91 Å². The van der Waals surface area contributed by atoms with Crippen LogP contribution in [0.3, 0.4) is 0 Å². The number of carbonyl (C=O) groups is 4. The number of carboxylic acid groups (broad SMARTS) is 2. The van der Waals surface area contributed by atoms with Gasteiger partial charge in [0.2, 0.25) is 11.9 Å². The lowest BCUT2D eigenvalue weighted by atomic mass is 9.86. The molecule has 0 saturated carbocycles. The van der Waals surface area contributed by atoms with Crippen LogP contribution in [0.1, 0.15) is 0 Å². The van der Waals surface area contributed by atoms with Crippen molar-refractivity contribution in [3.63, 3.8) is 0 Å². The lowest BCUT2D eigenvalue weighted by molar-refractivity contribution is -0.171. The molecule has 114 valence electrons. The van der Waals surface area contributed by atoms with Crippen molar-refractivity contribution in [2.75, 3.05) is 19.5 Å². The lowest BCUT2D eigenvalue weighted by Gasteiger charge is -2.54. The molecular weight excluding hydrogens is 304 g/mol. The molecule has 9 nitrogen and oxygen atoms in total. The molecule has 0 aromatic heterocycles. The van der Waals surface area contributed by atoms with Gasteiger partial charge in [-0.3, -0.25) is 14.5 Å². The van der Waals surface area contributed by atoms with Crippen LogP contribution >= 0.6 is 11.8 Å². The molecule has 0 radical (unpaired) electrons. The number of thioether (sulfide) groups is 1. The number of methoxy groups -OCH3 is 1. The minimum absolute atomic E-state index is 0.0202. The van der Waals surface area contributed by atoms with Crippen molar-refractivity contribution in [1.82, 2.24) is 10.2 Å². The Balaban J connectivity index is 2.45. The van der Waals surface area contributed by atoms with Crippen LogP contribution in [0.25, 0.3) is 0 Å². The third kappa shape index (κ3) is 1.98. The minimum Gasteiger partial charge on any atom is -0.479 e. The maximum atomic E-state index is 12.2. The lowest BCUT2D eigenvalue weighted by Crippen LogP contribution is -2.82. The first kappa shape index (κ1) is 15.3. The largest absolute Gasteiger partial charge is 0.479 e. The van der Waals surface area contributed by atoms with E-state index in [1.165, 1.54) is 7.11 Å². The first-order valence-electron chi connectivity index (χ1n) is 5.76. The molecule has 1 unspecified atom stereocenters. The molecule has 0 aliphatic carbocycles. The van der Waals surface area contributed by atoms with E-state index in [2.05, 4.69) is 0 Å². The summed E-state index contributed by atoms with van der Waals surface area (Å²) < 4.78 is 4.89. The monoisotopic (exact) mass is 316 g/mol. The minimum atomic E-state index is -2.12. The fourth-order valence-corrected chi connectivity index (χ4v) is 3.84. The van der Waals surface area contributed by atoms with Gasteiger partial charge in [0.15, 0.2) is 0 Å². The molecule has 2 amide bonds. The predicted octanol–water partition coefficient (Wildman–Crippen LogP) is -1.54. The number of hydrogen-bond acceptors (Lipinski definition) is 6. The molecular formula is C11H12N2O7S. The number of aliphatic carboxylic acids is 2. The summed E-state index contributed by atoms with van der Waals surface area (Å²) >= 11 is 1.06. The number of carbonyl (C=O) groups excluding carboxylic acids is 2. The second-order valence-corrected chi connectivity index (χ2v) is 5.47. The Bertz CT molecular complexity index is 561. The van der Waals surface area contributed by atoms with Crippen LogP contribution in [0.2, 0.25) is 0 Å². The van der Waals surface area contributed by atoms with E-state index < -0.39 is 28.8 Å². The van der Waals surface area contributed by atoms with Crippen molar-refractivity contribution in [2.45, 2.75) is 10.9 Å². The van der Waals surface area contributed by atoms with E-state index in [9.17, 15) is 29.4 Å². The maximum absolute atomic E-state index is 12.2. The number of nitrogens with one attached hydrogen (secondary N) is 1. The van der Waals surface area contributed by atoms with Gasteiger partial charge in [-0.15, -0.1) is 11.8 Å². The van der Waals surface area contributed by atoms with Crippen molar-refractivity contribution in [2.24, 2.45) is 0 Å². The Kier molecular flexibility index (Phi) is 3.92. The molecule has 2 atom stereocenters. The summed E-state index contributed by atoms with van der Waals surface area (Å²) in [5.74, 6) is -3.65. The Morgan fingerprint density at radius 3 is 2.71 bits per heavy atom. The van der Waals surface area contributed by atoms with E-state index in [1.54, 1.807) is 0 Å². The van der Waals surface area contributed by atoms with Gasteiger partial charge in [-0.25, -0.2) is 9.59 Å². The summed E-state index contributed by atoms with van der Waals surface area (Å²) in [7, 11) is 1.39. The average molecular weight is 316 g/mol. The maximum Gasteiger partial charge on any atom is 0.352 e. The van der Waals surface area contributed by atoms with Crippen LogP contribution in [-0.4, -0.2) is 69.8 Å². The first-order valence-corrected chi connectivity index (χ1v) is 6.81. The van der Waals surface area contributed by atoms with Crippen LogP contribution in [0.5, 0.6) is 0 Å². The highest BCUT2D eigenvalue weighted by Crippen LogP contribution is 2.46. The molecule has 0 aromatic carbocycles. The Morgan fingerprint density at radius 1 is 1.57 bits per heavy atom. The molecule has 2 aliphatic rings. The quantitative estimate of drug-likeness (QED) is 0.305. The smallest absolute Gasteiger partial charge is 0.352 e. The summed E-state index contributed by atoms with van der Waals surface area (Å²) in [5, 5.41) is 19.5. The second kappa shape index (κ2) is 5.37. The molecule has 0 spiro atoms. The Hall–Kier alpha value is -2.07. The van der Waals surface area contributed by atoms with Crippen molar-refractivity contribution in [3.05, 3.63) is 11.3 Å². The molecule has 10 heteroatoms. The van der Waals surface area contributed by atoms with E-state index in [0.717, 1.165) is 16.7 Å². The number of rotatable bonds is 6. The molecule has 2 rings (SSSR count). The van der Waals surface area contributed by atoms with Crippen molar-refractivity contribution < 1.29 is 34.1 Å². The Morgan fingerprint density at radius 2 is 2.24 bits per heavy atom. The van der Waals surface area contributed by atoms with Crippen molar-refractivity contribution in [1.29, 1.82) is 0 Å². The van der Waals surface area contributed by atoms with E-state index in [-0.39, 0.29) is 24.5 Å². The van der Waals surface area contributed by atoms with Crippen LogP contribution < -0.4 is 5.32 Å². The molecule has 2 heterocycles. The molecule has 1 saturated heterocycles. The number of nitrogens with zero attached hydrogens (tertiary/aromatic N) is 1.